The predicted molar refractivity (Wildman–Crippen MR) is 72.1 cm³/mol. The fourth-order valence-corrected chi connectivity index (χ4v) is 3.28. The van der Waals surface area contributed by atoms with E-state index in [1.165, 1.54) is 6.42 Å². The van der Waals surface area contributed by atoms with Crippen molar-refractivity contribution in [3.05, 3.63) is 34.1 Å². The molecule has 1 nitrogen and oxygen atoms in total. The van der Waals surface area contributed by atoms with Crippen molar-refractivity contribution < 1.29 is 4.39 Å². The molecule has 0 heterocycles. The van der Waals surface area contributed by atoms with E-state index in [0.717, 1.165) is 12.8 Å². The number of hydrogen-bond acceptors (Lipinski definition) is 1. The van der Waals surface area contributed by atoms with Gasteiger partial charge in [-0.25, -0.2) is 4.39 Å². The number of halogens is 2. The Labute approximate surface area is 111 Å². The van der Waals surface area contributed by atoms with E-state index in [2.05, 4.69) is 29.8 Å². The van der Waals surface area contributed by atoms with E-state index in [9.17, 15) is 4.39 Å². The van der Waals surface area contributed by atoms with Gasteiger partial charge in [-0.05, 0) is 46.7 Å². The summed E-state index contributed by atoms with van der Waals surface area (Å²) in [5, 5.41) is 0. The zero-order valence-electron chi connectivity index (χ0n) is 10.3. The Morgan fingerprint density at radius 3 is 2.76 bits per heavy atom. The summed E-state index contributed by atoms with van der Waals surface area (Å²) in [6, 6.07) is 5.41. The van der Waals surface area contributed by atoms with Crippen molar-refractivity contribution in [3.63, 3.8) is 0 Å². The van der Waals surface area contributed by atoms with Crippen LogP contribution in [-0.2, 0) is 5.54 Å². The van der Waals surface area contributed by atoms with Gasteiger partial charge in [0.05, 0.1) is 4.47 Å². The van der Waals surface area contributed by atoms with E-state index in [-0.39, 0.29) is 5.82 Å². The minimum absolute atomic E-state index is 0.198. The highest BCUT2D eigenvalue weighted by atomic mass is 79.9. The Bertz CT molecular complexity index is 421. The lowest BCUT2D eigenvalue weighted by molar-refractivity contribution is 0.157. The van der Waals surface area contributed by atoms with Crippen LogP contribution in [0.15, 0.2) is 22.7 Å². The zero-order chi connectivity index (χ0) is 12.6. The Balaban J connectivity index is 2.45. The molecule has 2 N–H and O–H groups in total. The normalized spacial score (nSPS) is 33.7. The van der Waals surface area contributed by atoms with Gasteiger partial charge in [-0.2, -0.15) is 0 Å². The third kappa shape index (κ3) is 2.27. The molecule has 1 aliphatic carbocycles. The molecule has 17 heavy (non-hydrogen) atoms. The molecule has 3 heteroatoms. The Morgan fingerprint density at radius 1 is 1.35 bits per heavy atom. The number of rotatable bonds is 1. The van der Waals surface area contributed by atoms with Crippen LogP contribution in [0, 0.1) is 17.7 Å². The quantitative estimate of drug-likeness (QED) is 0.826. The second kappa shape index (κ2) is 4.69. The standard InChI is InChI=1S/C14H19BrFN/c1-9-6-7-10(2)14(17,8-9)11-4-3-5-12(15)13(11)16/h3-5,9-10H,6-8,17H2,1-2H3. The van der Waals surface area contributed by atoms with Crippen molar-refractivity contribution in [1.29, 1.82) is 0 Å². The van der Waals surface area contributed by atoms with E-state index >= 15 is 0 Å². The molecule has 2 rings (SSSR count). The third-order valence-electron chi connectivity index (χ3n) is 4.11. The summed E-state index contributed by atoms with van der Waals surface area (Å²) in [6.07, 6.45) is 3.13. The van der Waals surface area contributed by atoms with Crippen LogP contribution >= 0.6 is 15.9 Å². The maximum Gasteiger partial charge on any atom is 0.142 e. The summed E-state index contributed by atoms with van der Waals surface area (Å²) in [7, 11) is 0. The van der Waals surface area contributed by atoms with Crippen LogP contribution in [0.5, 0.6) is 0 Å². The molecular weight excluding hydrogens is 281 g/mol. The van der Waals surface area contributed by atoms with Gasteiger partial charge >= 0.3 is 0 Å². The van der Waals surface area contributed by atoms with Crippen molar-refractivity contribution in [1.82, 2.24) is 0 Å². The molecule has 0 aliphatic heterocycles. The van der Waals surface area contributed by atoms with Gasteiger partial charge in [-0.1, -0.05) is 32.4 Å². The number of benzene rings is 1. The Morgan fingerprint density at radius 2 is 2.06 bits per heavy atom. The second-order valence-electron chi connectivity index (χ2n) is 5.43. The molecule has 94 valence electrons. The highest BCUT2D eigenvalue weighted by Crippen LogP contribution is 2.43. The van der Waals surface area contributed by atoms with E-state index in [4.69, 9.17) is 5.73 Å². The molecule has 0 aromatic heterocycles. The van der Waals surface area contributed by atoms with Gasteiger partial charge in [0.25, 0.3) is 0 Å². The summed E-state index contributed by atoms with van der Waals surface area (Å²) in [4.78, 5) is 0. The molecule has 3 atom stereocenters. The average Bonchev–Trinajstić information content (AvgIpc) is 2.28. The molecular formula is C14H19BrFN. The van der Waals surface area contributed by atoms with Crippen LogP contribution in [0.25, 0.3) is 0 Å². The largest absolute Gasteiger partial charge is 0.321 e. The molecule has 3 unspecified atom stereocenters. The van der Waals surface area contributed by atoms with Crippen molar-refractivity contribution >= 4 is 15.9 Å². The van der Waals surface area contributed by atoms with Gasteiger partial charge in [-0.3, -0.25) is 0 Å². The predicted octanol–water partition coefficient (Wildman–Crippen LogP) is 4.20. The van der Waals surface area contributed by atoms with Crippen molar-refractivity contribution in [3.8, 4) is 0 Å². The molecule has 1 fully saturated rings. The van der Waals surface area contributed by atoms with Crippen LogP contribution in [0.4, 0.5) is 4.39 Å². The van der Waals surface area contributed by atoms with Crippen LogP contribution in [0.1, 0.15) is 38.7 Å². The Kier molecular flexibility index (Phi) is 3.60. The highest BCUT2D eigenvalue weighted by Gasteiger charge is 2.40. The molecule has 1 aromatic rings. The van der Waals surface area contributed by atoms with Crippen LogP contribution in [0.2, 0.25) is 0 Å². The summed E-state index contributed by atoms with van der Waals surface area (Å²) < 4.78 is 14.7. The first-order valence-electron chi connectivity index (χ1n) is 6.18. The monoisotopic (exact) mass is 299 g/mol. The van der Waals surface area contributed by atoms with Crippen LogP contribution in [-0.4, -0.2) is 0 Å². The van der Waals surface area contributed by atoms with E-state index in [0.29, 0.717) is 21.9 Å². The van der Waals surface area contributed by atoms with Gasteiger partial charge in [0.1, 0.15) is 5.82 Å². The fraction of sp³-hybridized carbons (Fsp3) is 0.571. The highest BCUT2D eigenvalue weighted by molar-refractivity contribution is 9.10. The SMILES string of the molecule is CC1CCC(C)C(N)(c2cccc(Br)c2F)C1. The molecule has 0 radical (unpaired) electrons. The van der Waals surface area contributed by atoms with E-state index in [1.807, 2.05) is 12.1 Å². The lowest BCUT2D eigenvalue weighted by Gasteiger charge is -2.43. The minimum Gasteiger partial charge on any atom is -0.321 e. The second-order valence-corrected chi connectivity index (χ2v) is 6.28. The molecule has 1 aromatic carbocycles. The third-order valence-corrected chi connectivity index (χ3v) is 4.72. The first-order chi connectivity index (χ1) is 7.95. The van der Waals surface area contributed by atoms with Crippen LogP contribution < -0.4 is 5.73 Å². The molecule has 0 saturated heterocycles. The molecule has 0 bridgehead atoms. The number of nitrogens with two attached hydrogens (primary N) is 1. The van der Waals surface area contributed by atoms with Crippen molar-refractivity contribution in [2.24, 2.45) is 17.6 Å². The van der Waals surface area contributed by atoms with Crippen LogP contribution in [0.3, 0.4) is 0 Å². The maximum absolute atomic E-state index is 14.2. The molecule has 1 saturated carbocycles. The van der Waals surface area contributed by atoms with Gasteiger partial charge in [0, 0.05) is 11.1 Å². The van der Waals surface area contributed by atoms with E-state index in [1.54, 1.807) is 6.07 Å². The summed E-state index contributed by atoms with van der Waals surface area (Å²) in [5.41, 5.74) is 6.66. The van der Waals surface area contributed by atoms with E-state index < -0.39 is 5.54 Å². The van der Waals surface area contributed by atoms with Crippen molar-refractivity contribution in [2.45, 2.75) is 38.6 Å². The molecule has 0 amide bonds. The van der Waals surface area contributed by atoms with Gasteiger partial charge in [0.15, 0.2) is 0 Å². The first-order valence-corrected chi connectivity index (χ1v) is 6.98. The summed E-state index contributed by atoms with van der Waals surface area (Å²) in [5.74, 6) is 0.688. The fourth-order valence-electron chi connectivity index (χ4n) is 2.91. The summed E-state index contributed by atoms with van der Waals surface area (Å²) >= 11 is 3.24. The maximum atomic E-state index is 14.2. The molecule has 0 spiro atoms. The first kappa shape index (κ1) is 13.0. The minimum atomic E-state index is -0.522. The lowest BCUT2D eigenvalue weighted by Crippen LogP contribution is -2.47. The topological polar surface area (TPSA) is 26.0 Å². The zero-order valence-corrected chi connectivity index (χ0v) is 11.9. The van der Waals surface area contributed by atoms with Crippen molar-refractivity contribution in [2.75, 3.05) is 0 Å². The van der Waals surface area contributed by atoms with Gasteiger partial charge in [0.2, 0.25) is 0 Å². The smallest absolute Gasteiger partial charge is 0.142 e. The Hall–Kier alpha value is -0.410. The molecule has 1 aliphatic rings. The van der Waals surface area contributed by atoms with Gasteiger partial charge in [-0.15, -0.1) is 0 Å². The lowest BCUT2D eigenvalue weighted by atomic mass is 9.67. The summed E-state index contributed by atoms with van der Waals surface area (Å²) in [6.45, 7) is 4.33. The number of hydrogen-bond donors (Lipinski definition) is 1. The van der Waals surface area contributed by atoms with Gasteiger partial charge < -0.3 is 5.73 Å². The average molecular weight is 300 g/mol.